The number of nitrogens with two attached hydrogens (primary N) is 1. The number of halogens is 1. The van der Waals surface area contributed by atoms with E-state index in [2.05, 4.69) is 35.3 Å². The normalized spacial score (nSPS) is 33.4. The van der Waals surface area contributed by atoms with E-state index >= 15 is 0 Å². The van der Waals surface area contributed by atoms with Gasteiger partial charge in [-0.2, -0.15) is 0 Å². The molecular formula is C27H37ClN2O. The highest BCUT2D eigenvalue weighted by atomic mass is 35.5. The number of hydrogen-bond acceptors (Lipinski definition) is 3. The van der Waals surface area contributed by atoms with Gasteiger partial charge in [0.05, 0.1) is 11.5 Å². The maximum absolute atomic E-state index is 11.3. The lowest BCUT2D eigenvalue weighted by atomic mass is 9.59. The number of hydrogen-bond donors (Lipinski definition) is 2. The molecule has 3 N–H and O–H groups in total. The van der Waals surface area contributed by atoms with Crippen molar-refractivity contribution in [1.82, 2.24) is 4.90 Å². The number of likely N-dealkylation sites (tertiary alicyclic amines) is 1. The van der Waals surface area contributed by atoms with Crippen LogP contribution in [-0.2, 0) is 0 Å². The summed E-state index contributed by atoms with van der Waals surface area (Å²) in [5, 5.41) is 11.4. The van der Waals surface area contributed by atoms with E-state index in [-0.39, 0.29) is 16.9 Å². The van der Waals surface area contributed by atoms with Gasteiger partial charge in [0.2, 0.25) is 0 Å². The number of alkyl halides is 1. The van der Waals surface area contributed by atoms with Gasteiger partial charge in [-0.3, -0.25) is 0 Å². The summed E-state index contributed by atoms with van der Waals surface area (Å²) in [7, 11) is 0. The monoisotopic (exact) mass is 440 g/mol. The first-order chi connectivity index (χ1) is 15.0. The molecule has 0 aromatic heterocycles. The molecule has 5 atom stereocenters. The predicted molar refractivity (Wildman–Crippen MR) is 129 cm³/mol. The molecule has 5 rings (SSSR count). The predicted octanol–water partition coefficient (Wildman–Crippen LogP) is 5.50. The van der Waals surface area contributed by atoms with E-state index < -0.39 is 0 Å². The van der Waals surface area contributed by atoms with Crippen molar-refractivity contribution < 1.29 is 5.11 Å². The van der Waals surface area contributed by atoms with Crippen LogP contribution in [0.1, 0.15) is 62.8 Å². The number of aliphatic hydroxyl groups is 1. The van der Waals surface area contributed by atoms with Crippen LogP contribution in [0.2, 0.25) is 0 Å². The number of benzene rings is 1. The van der Waals surface area contributed by atoms with Crippen LogP contribution in [-0.4, -0.2) is 41.1 Å². The molecule has 3 aliphatic carbocycles. The molecule has 1 aromatic carbocycles. The van der Waals surface area contributed by atoms with Crippen LogP contribution in [0.15, 0.2) is 48.1 Å². The molecule has 0 radical (unpaired) electrons. The molecule has 0 amide bonds. The largest absolute Gasteiger partial charge is 0.399 e. The van der Waals surface area contributed by atoms with Crippen molar-refractivity contribution in [3.8, 4) is 0 Å². The van der Waals surface area contributed by atoms with E-state index in [1.54, 1.807) is 0 Å². The van der Waals surface area contributed by atoms with Crippen molar-refractivity contribution in [2.75, 3.05) is 25.4 Å². The molecule has 1 heterocycles. The van der Waals surface area contributed by atoms with Crippen molar-refractivity contribution in [2.45, 2.75) is 68.8 Å². The van der Waals surface area contributed by atoms with Crippen molar-refractivity contribution in [2.24, 2.45) is 17.3 Å². The van der Waals surface area contributed by atoms with Crippen molar-refractivity contribution >= 4 is 17.3 Å². The minimum atomic E-state index is -0.272. The van der Waals surface area contributed by atoms with Gasteiger partial charge in [-0.15, -0.1) is 11.6 Å². The highest BCUT2D eigenvalue weighted by Crippen LogP contribution is 2.53. The Labute approximate surface area is 192 Å². The fraction of sp³-hybridized carbons (Fsp3) is 0.630. The maximum Gasteiger partial charge on any atom is 0.0763 e. The van der Waals surface area contributed by atoms with E-state index in [1.165, 1.54) is 43.2 Å². The van der Waals surface area contributed by atoms with Crippen molar-refractivity contribution in [3.63, 3.8) is 0 Å². The Hall–Kier alpha value is -1.29. The number of nitrogens with zero attached hydrogens (tertiary/aromatic N) is 1. The van der Waals surface area contributed by atoms with Gasteiger partial charge < -0.3 is 15.7 Å². The summed E-state index contributed by atoms with van der Waals surface area (Å²) < 4.78 is 0. The van der Waals surface area contributed by atoms with Gasteiger partial charge in [-0.05, 0) is 92.5 Å². The number of piperidine rings is 1. The molecule has 3 fully saturated rings. The Balaban J connectivity index is 1.15. The topological polar surface area (TPSA) is 49.5 Å². The van der Waals surface area contributed by atoms with Crippen LogP contribution in [0.4, 0.5) is 5.69 Å². The second kappa shape index (κ2) is 8.92. The van der Waals surface area contributed by atoms with Gasteiger partial charge in [0.25, 0.3) is 0 Å². The zero-order valence-electron chi connectivity index (χ0n) is 18.6. The third-order valence-corrected chi connectivity index (χ3v) is 8.79. The molecule has 168 valence electrons. The van der Waals surface area contributed by atoms with E-state index in [0.717, 1.165) is 62.3 Å². The molecule has 1 aromatic rings. The molecule has 2 saturated carbocycles. The van der Waals surface area contributed by atoms with Gasteiger partial charge in [-0.1, -0.05) is 36.8 Å². The quantitative estimate of drug-likeness (QED) is 0.434. The molecular weight excluding hydrogens is 404 g/mol. The summed E-state index contributed by atoms with van der Waals surface area (Å²) in [4.78, 5) is 2.55. The SMILES string of the molecule is Nc1ccc(C2CC2CC2CCCN(CC(O)C3(C4=CCC(Cl)C=C4)CCC3)C2)cc1. The first-order valence-electron chi connectivity index (χ1n) is 12.3. The highest BCUT2D eigenvalue weighted by Gasteiger charge is 2.47. The summed E-state index contributed by atoms with van der Waals surface area (Å²) in [5.74, 6) is 2.33. The standard InChI is InChI=1S/C27H37ClN2O/c28-23-8-6-22(7-9-23)27(12-2-13-27)26(31)18-30-14-1-3-19(17-30)15-21-16-25(21)20-4-10-24(29)11-5-20/h4-8,10-11,19,21,23,25-26,31H,1-3,9,12-18,29H2. The van der Waals surface area contributed by atoms with E-state index in [4.69, 9.17) is 17.3 Å². The van der Waals surface area contributed by atoms with Crippen LogP contribution in [0.25, 0.3) is 0 Å². The third-order valence-electron chi connectivity index (χ3n) is 8.46. The number of aliphatic hydroxyl groups excluding tert-OH is 1. The first kappa shape index (κ1) is 21.6. The lowest BCUT2D eigenvalue weighted by Crippen LogP contribution is -2.50. The smallest absolute Gasteiger partial charge is 0.0763 e. The highest BCUT2D eigenvalue weighted by molar-refractivity contribution is 6.22. The van der Waals surface area contributed by atoms with Crippen LogP contribution in [0, 0.1) is 17.3 Å². The molecule has 1 saturated heterocycles. The van der Waals surface area contributed by atoms with Gasteiger partial charge >= 0.3 is 0 Å². The van der Waals surface area contributed by atoms with Gasteiger partial charge in [0, 0.05) is 24.2 Å². The molecule has 4 aliphatic rings. The zero-order chi connectivity index (χ0) is 21.4. The number of nitrogen functional groups attached to an aromatic ring is 1. The van der Waals surface area contributed by atoms with Gasteiger partial charge in [-0.25, -0.2) is 0 Å². The number of anilines is 1. The van der Waals surface area contributed by atoms with Crippen LogP contribution in [0.5, 0.6) is 0 Å². The first-order valence-corrected chi connectivity index (χ1v) is 12.8. The van der Waals surface area contributed by atoms with Crippen molar-refractivity contribution in [1.29, 1.82) is 0 Å². The second-order valence-electron chi connectivity index (χ2n) is 10.6. The van der Waals surface area contributed by atoms with Gasteiger partial charge in [0.1, 0.15) is 0 Å². The molecule has 0 bridgehead atoms. The van der Waals surface area contributed by atoms with E-state index in [1.807, 2.05) is 12.1 Å². The summed E-state index contributed by atoms with van der Waals surface area (Å²) in [6.07, 6.45) is 15.9. The number of β-amino-alcohol motifs (C(OH)–C–C–N with tert-alkyl or cyclic N) is 1. The van der Waals surface area contributed by atoms with Crippen LogP contribution in [0.3, 0.4) is 0 Å². The average molecular weight is 441 g/mol. The van der Waals surface area contributed by atoms with Crippen LogP contribution >= 0.6 is 11.6 Å². The lowest BCUT2D eigenvalue weighted by molar-refractivity contribution is -0.0315. The molecule has 3 nitrogen and oxygen atoms in total. The molecule has 31 heavy (non-hydrogen) atoms. The molecule has 4 heteroatoms. The lowest BCUT2D eigenvalue weighted by Gasteiger charge is -2.49. The number of rotatable bonds is 7. The van der Waals surface area contributed by atoms with E-state index in [0.29, 0.717) is 0 Å². The third kappa shape index (κ3) is 4.60. The summed E-state index contributed by atoms with van der Waals surface area (Å²) in [6, 6.07) is 8.49. The average Bonchev–Trinajstić information content (AvgIpc) is 3.48. The molecule has 0 spiro atoms. The minimum absolute atomic E-state index is 0.0305. The zero-order valence-corrected chi connectivity index (χ0v) is 19.3. The summed E-state index contributed by atoms with van der Waals surface area (Å²) in [5.41, 5.74) is 9.46. The maximum atomic E-state index is 11.3. The second-order valence-corrected chi connectivity index (χ2v) is 11.1. The summed E-state index contributed by atoms with van der Waals surface area (Å²) >= 11 is 6.24. The fourth-order valence-electron chi connectivity index (χ4n) is 6.35. The molecule has 5 unspecified atom stereocenters. The van der Waals surface area contributed by atoms with Gasteiger partial charge in [0.15, 0.2) is 0 Å². The van der Waals surface area contributed by atoms with Crippen LogP contribution < -0.4 is 5.73 Å². The van der Waals surface area contributed by atoms with E-state index in [9.17, 15) is 5.11 Å². The Morgan fingerprint density at radius 2 is 2.00 bits per heavy atom. The Morgan fingerprint density at radius 1 is 1.19 bits per heavy atom. The Kier molecular flexibility index (Phi) is 6.20. The fourth-order valence-corrected chi connectivity index (χ4v) is 6.51. The van der Waals surface area contributed by atoms with Crippen molar-refractivity contribution in [3.05, 3.63) is 53.6 Å². The Morgan fingerprint density at radius 3 is 2.68 bits per heavy atom. The minimum Gasteiger partial charge on any atom is -0.399 e. The number of allylic oxidation sites excluding steroid dienone is 3. The molecule has 1 aliphatic heterocycles. The Bertz CT molecular complexity index is 828. The summed E-state index contributed by atoms with van der Waals surface area (Å²) in [6.45, 7) is 3.10.